The third kappa shape index (κ3) is 1.59. The zero-order chi connectivity index (χ0) is 11.0. The van der Waals surface area contributed by atoms with Gasteiger partial charge in [0.05, 0.1) is 5.02 Å². The predicted octanol–water partition coefficient (Wildman–Crippen LogP) is 3.92. The summed E-state index contributed by atoms with van der Waals surface area (Å²) in [6.45, 7) is 7.02. The molecule has 14 heavy (non-hydrogen) atoms. The fourth-order valence-electron chi connectivity index (χ4n) is 1.68. The minimum Gasteiger partial charge on any atom is -0.506 e. The Morgan fingerprint density at radius 2 is 1.71 bits per heavy atom. The van der Waals surface area contributed by atoms with Gasteiger partial charge < -0.3 is 5.11 Å². The summed E-state index contributed by atoms with van der Waals surface area (Å²) in [5.41, 5.74) is 1.39. The van der Waals surface area contributed by atoms with Crippen LogP contribution in [0, 0.1) is 19.7 Å². The van der Waals surface area contributed by atoms with Crippen LogP contribution in [0.1, 0.15) is 36.5 Å². The van der Waals surface area contributed by atoms with Crippen LogP contribution in [0.15, 0.2) is 0 Å². The Kier molecular flexibility index (Phi) is 3.05. The van der Waals surface area contributed by atoms with Crippen LogP contribution in [0.25, 0.3) is 0 Å². The number of phenolic OH excluding ortho intramolecular Hbond substituents is 1. The summed E-state index contributed by atoms with van der Waals surface area (Å²) in [6.07, 6.45) is 0. The minimum absolute atomic E-state index is 0.0121. The smallest absolute Gasteiger partial charge is 0.138 e. The van der Waals surface area contributed by atoms with Gasteiger partial charge in [-0.1, -0.05) is 25.4 Å². The van der Waals surface area contributed by atoms with Gasteiger partial charge >= 0.3 is 0 Å². The maximum absolute atomic E-state index is 13.6. The van der Waals surface area contributed by atoms with Gasteiger partial charge in [-0.2, -0.15) is 0 Å². The molecule has 0 spiro atoms. The second kappa shape index (κ2) is 3.77. The van der Waals surface area contributed by atoms with Crippen LogP contribution in [0.4, 0.5) is 4.39 Å². The average Bonchev–Trinajstić information content (AvgIpc) is 2.11. The quantitative estimate of drug-likeness (QED) is 0.754. The number of hydrogen-bond donors (Lipinski definition) is 1. The molecule has 0 aromatic heterocycles. The molecule has 0 amide bonds. The summed E-state index contributed by atoms with van der Waals surface area (Å²) in [4.78, 5) is 0. The molecule has 1 aromatic rings. The van der Waals surface area contributed by atoms with E-state index in [2.05, 4.69) is 0 Å². The van der Waals surface area contributed by atoms with E-state index in [-0.39, 0.29) is 22.5 Å². The van der Waals surface area contributed by atoms with Crippen LogP contribution in [-0.4, -0.2) is 5.11 Å². The van der Waals surface area contributed by atoms with Crippen molar-refractivity contribution in [3.63, 3.8) is 0 Å². The predicted molar refractivity (Wildman–Crippen MR) is 56.6 cm³/mol. The largest absolute Gasteiger partial charge is 0.506 e. The Hall–Kier alpha value is -0.760. The molecule has 0 saturated heterocycles. The molecule has 0 radical (unpaired) electrons. The second-order valence-corrected chi connectivity index (χ2v) is 4.17. The van der Waals surface area contributed by atoms with Gasteiger partial charge in [0, 0.05) is 11.1 Å². The lowest BCUT2D eigenvalue weighted by Crippen LogP contribution is -2.00. The van der Waals surface area contributed by atoms with E-state index in [9.17, 15) is 9.50 Å². The zero-order valence-electron chi connectivity index (χ0n) is 8.78. The van der Waals surface area contributed by atoms with E-state index < -0.39 is 0 Å². The zero-order valence-corrected chi connectivity index (χ0v) is 9.54. The Morgan fingerprint density at radius 1 is 1.21 bits per heavy atom. The molecular formula is C11H14ClFO. The van der Waals surface area contributed by atoms with Crippen LogP contribution in [0.3, 0.4) is 0 Å². The van der Waals surface area contributed by atoms with Gasteiger partial charge in [-0.05, 0) is 25.3 Å². The lowest BCUT2D eigenvalue weighted by Gasteiger charge is -2.16. The lowest BCUT2D eigenvalue weighted by atomic mass is 9.94. The summed E-state index contributed by atoms with van der Waals surface area (Å²) >= 11 is 5.81. The normalized spacial score (nSPS) is 11.1. The monoisotopic (exact) mass is 216 g/mol. The molecule has 0 atom stereocenters. The van der Waals surface area contributed by atoms with Crippen molar-refractivity contribution in [2.24, 2.45) is 0 Å². The van der Waals surface area contributed by atoms with Crippen LogP contribution in [0.5, 0.6) is 5.75 Å². The fraction of sp³-hybridized carbons (Fsp3) is 0.455. The van der Waals surface area contributed by atoms with Gasteiger partial charge in [-0.15, -0.1) is 0 Å². The van der Waals surface area contributed by atoms with E-state index in [1.165, 1.54) is 0 Å². The van der Waals surface area contributed by atoms with Crippen molar-refractivity contribution in [2.45, 2.75) is 33.6 Å². The van der Waals surface area contributed by atoms with Crippen LogP contribution >= 0.6 is 11.6 Å². The summed E-state index contributed by atoms with van der Waals surface area (Å²) in [7, 11) is 0. The van der Waals surface area contributed by atoms with E-state index in [1.54, 1.807) is 13.8 Å². The first-order chi connectivity index (χ1) is 6.37. The number of phenols is 1. The first kappa shape index (κ1) is 11.3. The molecule has 0 aliphatic rings. The molecule has 1 aromatic carbocycles. The third-order valence-corrected chi connectivity index (χ3v) is 2.89. The average molecular weight is 217 g/mol. The molecule has 0 heterocycles. The van der Waals surface area contributed by atoms with Gasteiger partial charge in [0.25, 0.3) is 0 Å². The van der Waals surface area contributed by atoms with Crippen LogP contribution < -0.4 is 0 Å². The topological polar surface area (TPSA) is 20.2 Å². The molecular weight excluding hydrogens is 203 g/mol. The molecule has 0 aliphatic heterocycles. The van der Waals surface area contributed by atoms with Gasteiger partial charge in [-0.25, -0.2) is 4.39 Å². The first-order valence-electron chi connectivity index (χ1n) is 4.54. The molecule has 1 N–H and O–H groups in total. The highest BCUT2D eigenvalue weighted by atomic mass is 35.5. The third-order valence-electron chi connectivity index (χ3n) is 2.43. The van der Waals surface area contributed by atoms with Crippen molar-refractivity contribution in [2.75, 3.05) is 0 Å². The maximum atomic E-state index is 13.6. The van der Waals surface area contributed by atoms with E-state index in [0.717, 1.165) is 0 Å². The molecule has 0 saturated carbocycles. The number of halogens is 2. The molecule has 1 rings (SSSR count). The van der Waals surface area contributed by atoms with Crippen LogP contribution in [-0.2, 0) is 0 Å². The Balaban J connectivity index is 3.60. The highest BCUT2D eigenvalue weighted by Gasteiger charge is 2.19. The van der Waals surface area contributed by atoms with Crippen molar-refractivity contribution < 1.29 is 9.50 Å². The Morgan fingerprint density at radius 3 is 2.14 bits per heavy atom. The Bertz CT molecular complexity index is 343. The number of aromatic hydroxyl groups is 1. The molecule has 78 valence electrons. The van der Waals surface area contributed by atoms with Crippen molar-refractivity contribution >= 4 is 11.6 Å². The first-order valence-corrected chi connectivity index (χ1v) is 4.92. The summed E-state index contributed by atoms with van der Waals surface area (Å²) < 4.78 is 13.6. The summed E-state index contributed by atoms with van der Waals surface area (Å²) in [5, 5.41) is 9.88. The summed E-state index contributed by atoms with van der Waals surface area (Å²) in [5.74, 6) is -0.253. The molecule has 0 bridgehead atoms. The Labute approximate surface area is 88.5 Å². The molecule has 0 aliphatic carbocycles. The lowest BCUT2D eigenvalue weighted by molar-refractivity contribution is 0.459. The van der Waals surface area contributed by atoms with Gasteiger partial charge in [0.2, 0.25) is 0 Å². The van der Waals surface area contributed by atoms with Gasteiger partial charge in [0.15, 0.2) is 0 Å². The van der Waals surface area contributed by atoms with E-state index >= 15 is 0 Å². The highest BCUT2D eigenvalue weighted by Crippen LogP contribution is 2.39. The fourth-order valence-corrected chi connectivity index (χ4v) is 1.86. The number of hydrogen-bond acceptors (Lipinski definition) is 1. The van der Waals surface area contributed by atoms with Gasteiger partial charge in [-0.3, -0.25) is 0 Å². The van der Waals surface area contributed by atoms with E-state index in [4.69, 9.17) is 11.6 Å². The minimum atomic E-state index is -0.323. The number of benzene rings is 1. The molecule has 0 unspecified atom stereocenters. The molecule has 1 nitrogen and oxygen atoms in total. The van der Waals surface area contributed by atoms with Gasteiger partial charge in [0.1, 0.15) is 11.6 Å². The van der Waals surface area contributed by atoms with Crippen molar-refractivity contribution in [1.29, 1.82) is 0 Å². The van der Waals surface area contributed by atoms with Crippen LogP contribution in [0.2, 0.25) is 5.02 Å². The molecule has 0 fully saturated rings. The van der Waals surface area contributed by atoms with E-state index in [1.807, 2.05) is 13.8 Å². The SMILES string of the molecule is Cc1c(F)c(C)c(C(C)C)c(O)c1Cl. The second-order valence-electron chi connectivity index (χ2n) is 3.79. The molecule has 3 heteroatoms. The van der Waals surface area contributed by atoms with E-state index in [0.29, 0.717) is 16.7 Å². The maximum Gasteiger partial charge on any atom is 0.138 e. The van der Waals surface area contributed by atoms with Crippen molar-refractivity contribution in [1.82, 2.24) is 0 Å². The van der Waals surface area contributed by atoms with Crippen molar-refractivity contribution in [3.05, 3.63) is 27.5 Å². The standard InChI is InChI=1S/C11H14ClFO/c1-5(2)8-6(3)10(13)7(4)9(12)11(8)14/h5,14H,1-4H3. The number of rotatable bonds is 1. The van der Waals surface area contributed by atoms with Crippen molar-refractivity contribution in [3.8, 4) is 5.75 Å². The summed E-state index contributed by atoms with van der Waals surface area (Å²) in [6, 6.07) is 0. The highest BCUT2D eigenvalue weighted by molar-refractivity contribution is 6.33.